The van der Waals surface area contributed by atoms with Crippen molar-refractivity contribution in [2.24, 2.45) is 17.6 Å². The normalized spacial score (nSPS) is 27.0. The number of rotatable bonds is 4. The van der Waals surface area contributed by atoms with Crippen LogP contribution in [0.5, 0.6) is 0 Å². The zero-order valence-electron chi connectivity index (χ0n) is 9.29. The summed E-state index contributed by atoms with van der Waals surface area (Å²) in [6, 6.07) is 0.785. The Hall–Kier alpha value is -0.0800. The molecular weight excluding hydrogens is 160 g/mol. The fraction of sp³-hybridized carbons (Fsp3) is 1.00. The quantitative estimate of drug-likeness (QED) is 0.720. The Kier molecular flexibility index (Phi) is 4.20. The lowest BCUT2D eigenvalue weighted by molar-refractivity contribution is 0.200. The summed E-state index contributed by atoms with van der Waals surface area (Å²) in [5.74, 6) is 1.40. The van der Waals surface area contributed by atoms with Crippen molar-refractivity contribution in [1.82, 2.24) is 4.90 Å². The van der Waals surface area contributed by atoms with Crippen molar-refractivity contribution >= 4 is 0 Å². The van der Waals surface area contributed by atoms with Gasteiger partial charge < -0.3 is 10.6 Å². The minimum atomic E-state index is 0.681. The molecule has 0 radical (unpaired) electrons. The number of nitrogens with two attached hydrogens (primary N) is 1. The molecule has 0 aromatic rings. The first-order valence-corrected chi connectivity index (χ1v) is 5.59. The smallest absolute Gasteiger partial charge is 0.00675 e. The summed E-state index contributed by atoms with van der Waals surface area (Å²) in [5, 5.41) is 0. The molecule has 2 atom stereocenters. The Morgan fingerprint density at radius 2 is 2.15 bits per heavy atom. The lowest BCUT2D eigenvalue weighted by Crippen LogP contribution is -2.37. The maximum absolute atomic E-state index is 5.77. The Bertz CT molecular complexity index is 145. The number of hydrogen-bond acceptors (Lipinski definition) is 2. The van der Waals surface area contributed by atoms with Crippen LogP contribution in [0.1, 0.15) is 33.6 Å². The third-order valence-corrected chi connectivity index (χ3v) is 3.41. The second-order valence-electron chi connectivity index (χ2n) is 4.73. The SMILES string of the molecule is CC(C)C(CN)CN1CCCC1C. The van der Waals surface area contributed by atoms with Crippen LogP contribution in [0.15, 0.2) is 0 Å². The number of nitrogens with zero attached hydrogens (tertiary/aromatic N) is 1. The predicted molar refractivity (Wildman–Crippen MR) is 57.7 cm³/mol. The van der Waals surface area contributed by atoms with E-state index in [1.807, 2.05) is 0 Å². The molecule has 1 saturated heterocycles. The molecule has 13 heavy (non-hydrogen) atoms. The summed E-state index contributed by atoms with van der Waals surface area (Å²) >= 11 is 0. The van der Waals surface area contributed by atoms with E-state index in [2.05, 4.69) is 25.7 Å². The molecule has 1 fully saturated rings. The van der Waals surface area contributed by atoms with Gasteiger partial charge in [-0.3, -0.25) is 0 Å². The Labute approximate surface area is 82.5 Å². The van der Waals surface area contributed by atoms with Gasteiger partial charge in [-0.15, -0.1) is 0 Å². The second-order valence-corrected chi connectivity index (χ2v) is 4.73. The molecule has 0 aromatic carbocycles. The minimum absolute atomic E-state index is 0.681. The van der Waals surface area contributed by atoms with Crippen LogP contribution in [0.25, 0.3) is 0 Å². The van der Waals surface area contributed by atoms with E-state index in [9.17, 15) is 0 Å². The Morgan fingerprint density at radius 1 is 1.46 bits per heavy atom. The topological polar surface area (TPSA) is 29.3 Å². The van der Waals surface area contributed by atoms with Crippen LogP contribution in [0.4, 0.5) is 0 Å². The van der Waals surface area contributed by atoms with Crippen LogP contribution in [0.3, 0.4) is 0 Å². The molecule has 1 rings (SSSR count). The van der Waals surface area contributed by atoms with E-state index in [1.54, 1.807) is 0 Å². The van der Waals surface area contributed by atoms with Gasteiger partial charge in [0.15, 0.2) is 0 Å². The van der Waals surface area contributed by atoms with Crippen LogP contribution in [-0.4, -0.2) is 30.6 Å². The minimum Gasteiger partial charge on any atom is -0.330 e. The lowest BCUT2D eigenvalue weighted by Gasteiger charge is -2.28. The Morgan fingerprint density at radius 3 is 2.54 bits per heavy atom. The van der Waals surface area contributed by atoms with Gasteiger partial charge in [-0.05, 0) is 44.7 Å². The van der Waals surface area contributed by atoms with Gasteiger partial charge in [0.1, 0.15) is 0 Å². The molecule has 0 aliphatic carbocycles. The molecular formula is C11H24N2. The van der Waals surface area contributed by atoms with Gasteiger partial charge in [0, 0.05) is 12.6 Å². The van der Waals surface area contributed by atoms with E-state index in [0.29, 0.717) is 5.92 Å². The van der Waals surface area contributed by atoms with E-state index in [-0.39, 0.29) is 0 Å². The van der Waals surface area contributed by atoms with Crippen LogP contribution >= 0.6 is 0 Å². The lowest BCUT2D eigenvalue weighted by atomic mass is 9.95. The average Bonchev–Trinajstić information content (AvgIpc) is 2.46. The molecule has 0 aromatic heterocycles. The summed E-state index contributed by atoms with van der Waals surface area (Å²) in [5.41, 5.74) is 5.77. The molecule has 2 N–H and O–H groups in total. The largest absolute Gasteiger partial charge is 0.330 e. The predicted octanol–water partition coefficient (Wildman–Crippen LogP) is 1.70. The van der Waals surface area contributed by atoms with Gasteiger partial charge in [0.05, 0.1) is 0 Å². The van der Waals surface area contributed by atoms with Crippen molar-refractivity contribution in [2.75, 3.05) is 19.6 Å². The molecule has 2 unspecified atom stereocenters. The van der Waals surface area contributed by atoms with E-state index in [0.717, 1.165) is 18.5 Å². The van der Waals surface area contributed by atoms with Crippen molar-refractivity contribution in [3.05, 3.63) is 0 Å². The molecule has 0 amide bonds. The summed E-state index contributed by atoms with van der Waals surface area (Å²) in [6.07, 6.45) is 2.74. The first-order valence-electron chi connectivity index (χ1n) is 5.59. The van der Waals surface area contributed by atoms with Crippen molar-refractivity contribution in [3.8, 4) is 0 Å². The van der Waals surface area contributed by atoms with Gasteiger partial charge in [0.2, 0.25) is 0 Å². The van der Waals surface area contributed by atoms with Gasteiger partial charge in [0.25, 0.3) is 0 Å². The number of likely N-dealkylation sites (tertiary alicyclic amines) is 1. The van der Waals surface area contributed by atoms with E-state index in [1.165, 1.54) is 25.9 Å². The summed E-state index contributed by atoms with van der Waals surface area (Å²) in [7, 11) is 0. The fourth-order valence-electron chi connectivity index (χ4n) is 2.12. The molecule has 1 aliphatic heterocycles. The van der Waals surface area contributed by atoms with Gasteiger partial charge in [-0.25, -0.2) is 0 Å². The van der Waals surface area contributed by atoms with E-state index in [4.69, 9.17) is 5.73 Å². The highest BCUT2D eigenvalue weighted by Gasteiger charge is 2.23. The van der Waals surface area contributed by atoms with E-state index >= 15 is 0 Å². The molecule has 0 bridgehead atoms. The first kappa shape index (κ1) is 11.0. The van der Waals surface area contributed by atoms with Crippen molar-refractivity contribution in [2.45, 2.75) is 39.7 Å². The van der Waals surface area contributed by atoms with Crippen LogP contribution in [0, 0.1) is 11.8 Å². The molecule has 1 aliphatic rings. The molecule has 2 heteroatoms. The van der Waals surface area contributed by atoms with Crippen molar-refractivity contribution in [1.29, 1.82) is 0 Å². The van der Waals surface area contributed by atoms with Crippen LogP contribution in [-0.2, 0) is 0 Å². The van der Waals surface area contributed by atoms with Crippen molar-refractivity contribution in [3.63, 3.8) is 0 Å². The maximum Gasteiger partial charge on any atom is 0.00675 e. The molecule has 2 nitrogen and oxygen atoms in total. The van der Waals surface area contributed by atoms with E-state index < -0.39 is 0 Å². The fourth-order valence-corrected chi connectivity index (χ4v) is 2.12. The highest BCUT2D eigenvalue weighted by molar-refractivity contribution is 4.78. The summed E-state index contributed by atoms with van der Waals surface area (Å²) in [6.45, 7) is 10.2. The van der Waals surface area contributed by atoms with Crippen LogP contribution in [0.2, 0.25) is 0 Å². The standard InChI is InChI=1S/C11H24N2/c1-9(2)11(7-12)8-13-6-4-5-10(13)3/h9-11H,4-8,12H2,1-3H3. The first-order chi connectivity index (χ1) is 6.15. The summed E-state index contributed by atoms with van der Waals surface area (Å²) < 4.78 is 0. The van der Waals surface area contributed by atoms with Gasteiger partial charge in [-0.2, -0.15) is 0 Å². The highest BCUT2D eigenvalue weighted by Crippen LogP contribution is 2.20. The monoisotopic (exact) mass is 184 g/mol. The zero-order valence-corrected chi connectivity index (χ0v) is 9.29. The summed E-state index contributed by atoms with van der Waals surface area (Å²) in [4.78, 5) is 2.59. The van der Waals surface area contributed by atoms with Crippen LogP contribution < -0.4 is 5.73 Å². The zero-order chi connectivity index (χ0) is 9.84. The number of hydrogen-bond donors (Lipinski definition) is 1. The average molecular weight is 184 g/mol. The third-order valence-electron chi connectivity index (χ3n) is 3.41. The molecule has 0 spiro atoms. The van der Waals surface area contributed by atoms with Gasteiger partial charge in [-0.1, -0.05) is 13.8 Å². The second kappa shape index (κ2) is 4.97. The highest BCUT2D eigenvalue weighted by atomic mass is 15.2. The van der Waals surface area contributed by atoms with Gasteiger partial charge >= 0.3 is 0 Å². The third kappa shape index (κ3) is 2.96. The molecule has 78 valence electrons. The molecule has 0 saturated carbocycles. The Balaban J connectivity index is 2.36. The van der Waals surface area contributed by atoms with Crippen molar-refractivity contribution < 1.29 is 0 Å². The maximum atomic E-state index is 5.77. The molecule has 1 heterocycles.